The summed E-state index contributed by atoms with van der Waals surface area (Å²) >= 11 is 0. The first-order valence-electron chi connectivity index (χ1n) is 9.86. The number of oxazole rings is 1. The Morgan fingerprint density at radius 1 is 1.32 bits per heavy atom. The third-order valence-corrected chi connectivity index (χ3v) is 5.43. The first kappa shape index (κ1) is 18.8. The molecule has 1 aromatic carbocycles. The molecule has 2 aromatic heterocycles. The molecule has 1 aliphatic rings. The van der Waals surface area contributed by atoms with Gasteiger partial charge in [-0.1, -0.05) is 26.0 Å². The van der Waals surface area contributed by atoms with E-state index in [4.69, 9.17) is 9.40 Å². The number of fused-ring (bicyclic) bond motifs is 1. The van der Waals surface area contributed by atoms with Crippen molar-refractivity contribution in [2.24, 2.45) is 0 Å². The molecule has 0 saturated carbocycles. The number of hydrogen-bond acceptors (Lipinski definition) is 6. The molecule has 1 atom stereocenters. The molecule has 1 unspecified atom stereocenters. The van der Waals surface area contributed by atoms with E-state index in [9.17, 15) is 9.90 Å². The van der Waals surface area contributed by atoms with Crippen molar-refractivity contribution in [1.29, 1.82) is 0 Å². The van der Waals surface area contributed by atoms with Gasteiger partial charge in [0.2, 0.25) is 0 Å². The molecular formula is C21H26N4O3. The van der Waals surface area contributed by atoms with Crippen molar-refractivity contribution in [2.75, 3.05) is 13.2 Å². The van der Waals surface area contributed by atoms with Crippen molar-refractivity contribution in [1.82, 2.24) is 19.4 Å². The largest absolute Gasteiger partial charge is 0.448 e. The average molecular weight is 382 g/mol. The van der Waals surface area contributed by atoms with Crippen LogP contribution in [0.25, 0.3) is 10.9 Å². The molecule has 7 heteroatoms. The van der Waals surface area contributed by atoms with Crippen LogP contribution < -0.4 is 5.56 Å². The van der Waals surface area contributed by atoms with Crippen molar-refractivity contribution >= 4 is 10.9 Å². The zero-order valence-electron chi connectivity index (χ0n) is 16.3. The van der Waals surface area contributed by atoms with Gasteiger partial charge in [0.05, 0.1) is 35.8 Å². The van der Waals surface area contributed by atoms with Crippen LogP contribution in [0.15, 0.2) is 39.9 Å². The topological polar surface area (TPSA) is 84.4 Å². The summed E-state index contributed by atoms with van der Waals surface area (Å²) in [4.78, 5) is 24.6. The molecule has 28 heavy (non-hydrogen) atoms. The van der Waals surface area contributed by atoms with E-state index in [1.165, 1.54) is 6.39 Å². The van der Waals surface area contributed by atoms with E-state index in [1.807, 2.05) is 18.2 Å². The number of aromatic nitrogens is 3. The number of hydrogen-bond donors (Lipinski definition) is 1. The van der Waals surface area contributed by atoms with E-state index in [2.05, 4.69) is 23.7 Å². The van der Waals surface area contributed by atoms with Gasteiger partial charge in [-0.3, -0.25) is 14.3 Å². The molecule has 0 bridgehead atoms. The van der Waals surface area contributed by atoms with Gasteiger partial charge in [0.15, 0.2) is 6.39 Å². The maximum atomic E-state index is 13.0. The normalized spacial score (nSPS) is 17.8. The summed E-state index contributed by atoms with van der Waals surface area (Å²) in [6.07, 6.45) is 3.46. The lowest BCUT2D eigenvalue weighted by Gasteiger charge is -2.26. The van der Waals surface area contributed by atoms with Gasteiger partial charge in [0.1, 0.15) is 11.6 Å². The van der Waals surface area contributed by atoms with Crippen molar-refractivity contribution in [3.05, 3.63) is 58.3 Å². The number of nitrogens with zero attached hydrogens (tertiary/aromatic N) is 4. The van der Waals surface area contributed by atoms with Crippen molar-refractivity contribution < 1.29 is 9.52 Å². The SMILES string of the molecule is CC(C)c1ocnc1CN1CCCC1c1nc2ccccc2c(=O)n1CCO. The first-order chi connectivity index (χ1) is 13.6. The van der Waals surface area contributed by atoms with Gasteiger partial charge < -0.3 is 9.52 Å². The van der Waals surface area contributed by atoms with Gasteiger partial charge >= 0.3 is 0 Å². The molecule has 0 aliphatic carbocycles. The summed E-state index contributed by atoms with van der Waals surface area (Å²) in [5, 5.41) is 10.1. The highest BCUT2D eigenvalue weighted by atomic mass is 16.3. The monoisotopic (exact) mass is 382 g/mol. The summed E-state index contributed by atoms with van der Waals surface area (Å²) in [7, 11) is 0. The Morgan fingerprint density at radius 3 is 2.93 bits per heavy atom. The Bertz CT molecular complexity index is 1020. The van der Waals surface area contributed by atoms with Crippen LogP contribution in [0.3, 0.4) is 0 Å². The minimum atomic E-state index is -0.0968. The molecule has 1 aliphatic heterocycles. The summed E-state index contributed by atoms with van der Waals surface area (Å²) < 4.78 is 7.21. The van der Waals surface area contributed by atoms with Crippen LogP contribution >= 0.6 is 0 Å². The van der Waals surface area contributed by atoms with Gasteiger partial charge in [-0.25, -0.2) is 9.97 Å². The maximum absolute atomic E-state index is 13.0. The summed E-state index contributed by atoms with van der Waals surface area (Å²) in [5.41, 5.74) is 1.55. The molecule has 0 spiro atoms. The lowest BCUT2D eigenvalue weighted by atomic mass is 10.1. The summed E-state index contributed by atoms with van der Waals surface area (Å²) in [6.45, 7) is 5.91. The lowest BCUT2D eigenvalue weighted by Crippen LogP contribution is -2.33. The molecule has 0 radical (unpaired) electrons. The zero-order valence-corrected chi connectivity index (χ0v) is 16.3. The highest BCUT2D eigenvalue weighted by Crippen LogP contribution is 2.33. The Kier molecular flexibility index (Phi) is 5.28. The number of likely N-dealkylation sites (tertiary alicyclic amines) is 1. The van der Waals surface area contributed by atoms with Crippen LogP contribution in [0.4, 0.5) is 0 Å². The molecule has 4 rings (SSSR count). The minimum absolute atomic E-state index is 0.0144. The van der Waals surface area contributed by atoms with Crippen molar-refractivity contribution in [3.63, 3.8) is 0 Å². The Balaban J connectivity index is 1.74. The quantitative estimate of drug-likeness (QED) is 0.706. The van der Waals surface area contributed by atoms with Crippen molar-refractivity contribution in [3.8, 4) is 0 Å². The Labute approximate surface area is 163 Å². The molecule has 148 valence electrons. The number of aliphatic hydroxyl groups excluding tert-OH is 1. The highest BCUT2D eigenvalue weighted by Gasteiger charge is 2.31. The number of rotatable bonds is 6. The van der Waals surface area contributed by atoms with E-state index in [0.717, 1.165) is 36.7 Å². The third-order valence-electron chi connectivity index (χ3n) is 5.43. The third kappa shape index (κ3) is 3.36. The molecule has 1 saturated heterocycles. The fourth-order valence-corrected chi connectivity index (χ4v) is 4.12. The van der Waals surface area contributed by atoms with E-state index >= 15 is 0 Å². The smallest absolute Gasteiger partial charge is 0.261 e. The van der Waals surface area contributed by atoms with Gasteiger partial charge in [-0.05, 0) is 31.5 Å². The average Bonchev–Trinajstić information content (AvgIpc) is 3.34. The van der Waals surface area contributed by atoms with Crippen LogP contribution in [-0.2, 0) is 13.1 Å². The summed E-state index contributed by atoms with van der Waals surface area (Å²) in [5.74, 6) is 1.90. The van der Waals surface area contributed by atoms with Crippen molar-refractivity contribution in [2.45, 2.75) is 51.7 Å². The van der Waals surface area contributed by atoms with E-state index < -0.39 is 0 Å². The van der Waals surface area contributed by atoms with Gasteiger partial charge in [0.25, 0.3) is 5.56 Å². The highest BCUT2D eigenvalue weighted by molar-refractivity contribution is 5.77. The number of para-hydroxylation sites is 1. The van der Waals surface area contributed by atoms with Gasteiger partial charge in [-0.15, -0.1) is 0 Å². The number of aliphatic hydroxyl groups is 1. The standard InChI is InChI=1S/C21H26N4O3/c1-14(2)19-17(22-13-28-19)12-24-9-5-8-18(24)20-23-16-7-4-3-6-15(16)21(27)25(20)10-11-26/h3-4,6-7,13-14,18,26H,5,8-12H2,1-2H3. The minimum Gasteiger partial charge on any atom is -0.448 e. The first-order valence-corrected chi connectivity index (χ1v) is 9.86. The number of benzene rings is 1. The molecule has 7 nitrogen and oxygen atoms in total. The van der Waals surface area contributed by atoms with E-state index in [0.29, 0.717) is 17.4 Å². The molecule has 3 aromatic rings. The second-order valence-electron chi connectivity index (χ2n) is 7.61. The maximum Gasteiger partial charge on any atom is 0.261 e. The van der Waals surface area contributed by atoms with E-state index in [-0.39, 0.29) is 30.7 Å². The summed E-state index contributed by atoms with van der Waals surface area (Å²) in [6, 6.07) is 7.41. The second-order valence-corrected chi connectivity index (χ2v) is 7.61. The fraction of sp³-hybridized carbons (Fsp3) is 0.476. The van der Waals surface area contributed by atoms with Crippen LogP contribution in [0.2, 0.25) is 0 Å². The zero-order chi connectivity index (χ0) is 19.7. The predicted octanol–water partition coefficient (Wildman–Crippen LogP) is 2.84. The van der Waals surface area contributed by atoms with Gasteiger partial charge in [-0.2, -0.15) is 0 Å². The lowest BCUT2D eigenvalue weighted by molar-refractivity contribution is 0.220. The molecular weight excluding hydrogens is 356 g/mol. The molecule has 1 fully saturated rings. The van der Waals surface area contributed by atoms with Crippen LogP contribution in [0, 0.1) is 0 Å². The van der Waals surface area contributed by atoms with Crippen LogP contribution in [-0.4, -0.2) is 37.7 Å². The molecule has 3 heterocycles. The van der Waals surface area contributed by atoms with E-state index in [1.54, 1.807) is 10.6 Å². The Morgan fingerprint density at radius 2 is 2.14 bits per heavy atom. The van der Waals surface area contributed by atoms with Gasteiger partial charge in [0, 0.05) is 12.5 Å². The molecule has 0 amide bonds. The Hall–Kier alpha value is -2.51. The molecule has 1 N–H and O–H groups in total. The van der Waals surface area contributed by atoms with Crippen LogP contribution in [0.5, 0.6) is 0 Å². The second kappa shape index (κ2) is 7.85. The fourth-order valence-electron chi connectivity index (χ4n) is 4.12. The van der Waals surface area contributed by atoms with Crippen LogP contribution in [0.1, 0.15) is 55.9 Å². The predicted molar refractivity (Wildman–Crippen MR) is 106 cm³/mol.